The second-order valence-corrected chi connectivity index (χ2v) is 5.22. The lowest BCUT2D eigenvalue weighted by Gasteiger charge is -2.12. The molecule has 2 aromatic rings. The number of halogens is 1. The van der Waals surface area contributed by atoms with Gasteiger partial charge in [-0.25, -0.2) is 4.39 Å². The zero-order valence-electron chi connectivity index (χ0n) is 12.7. The quantitative estimate of drug-likeness (QED) is 0.922. The van der Waals surface area contributed by atoms with Crippen LogP contribution < -0.4 is 10.9 Å². The summed E-state index contributed by atoms with van der Waals surface area (Å²) in [4.78, 5) is 24.1. The molecule has 4 nitrogen and oxygen atoms in total. The molecule has 2 rings (SSSR count). The number of hydrogen-bond acceptors (Lipinski definition) is 2. The van der Waals surface area contributed by atoms with Crippen molar-refractivity contribution < 1.29 is 9.18 Å². The fraction of sp³-hybridized carbons (Fsp3) is 0.294. The van der Waals surface area contributed by atoms with Gasteiger partial charge in [-0.05, 0) is 42.7 Å². The first-order valence-electron chi connectivity index (χ1n) is 7.26. The number of anilines is 1. The molecular weight excluding hydrogens is 283 g/mol. The Labute approximate surface area is 128 Å². The Bertz CT molecular complexity index is 707. The molecule has 0 aliphatic rings. The van der Waals surface area contributed by atoms with Crippen LogP contribution in [0.1, 0.15) is 31.7 Å². The van der Waals surface area contributed by atoms with Gasteiger partial charge in [0.25, 0.3) is 5.56 Å². The van der Waals surface area contributed by atoms with E-state index in [-0.39, 0.29) is 35.3 Å². The van der Waals surface area contributed by atoms with E-state index in [2.05, 4.69) is 5.32 Å². The molecule has 0 unspecified atom stereocenters. The number of aromatic nitrogens is 1. The fourth-order valence-corrected chi connectivity index (χ4v) is 2.27. The van der Waals surface area contributed by atoms with Gasteiger partial charge in [0.15, 0.2) is 0 Å². The van der Waals surface area contributed by atoms with E-state index < -0.39 is 0 Å². The van der Waals surface area contributed by atoms with E-state index in [1.807, 2.05) is 13.8 Å². The highest BCUT2D eigenvalue weighted by atomic mass is 19.1. The molecule has 1 aromatic carbocycles. The lowest BCUT2D eigenvalue weighted by atomic mass is 9.97. The summed E-state index contributed by atoms with van der Waals surface area (Å²) < 4.78 is 14.4. The van der Waals surface area contributed by atoms with Crippen molar-refractivity contribution in [2.45, 2.75) is 32.7 Å². The molecule has 1 heterocycles. The summed E-state index contributed by atoms with van der Waals surface area (Å²) in [5.74, 6) is -0.592. The van der Waals surface area contributed by atoms with E-state index in [1.165, 1.54) is 16.7 Å². The van der Waals surface area contributed by atoms with Gasteiger partial charge in [-0.1, -0.05) is 19.1 Å². The maximum Gasteiger partial charge on any atom is 0.274 e. The van der Waals surface area contributed by atoms with E-state index in [9.17, 15) is 14.0 Å². The molecule has 22 heavy (non-hydrogen) atoms. The van der Waals surface area contributed by atoms with E-state index in [1.54, 1.807) is 30.5 Å². The van der Waals surface area contributed by atoms with E-state index in [4.69, 9.17) is 0 Å². The summed E-state index contributed by atoms with van der Waals surface area (Å²) in [5, 5.41) is 2.65. The van der Waals surface area contributed by atoms with Crippen LogP contribution in [0.5, 0.6) is 0 Å². The topological polar surface area (TPSA) is 51.1 Å². The van der Waals surface area contributed by atoms with Crippen LogP contribution in [0.15, 0.2) is 47.4 Å². The number of carbonyl (C=O) groups excluding carboxylic acids is 1. The maximum absolute atomic E-state index is 12.9. The van der Waals surface area contributed by atoms with E-state index in [0.29, 0.717) is 6.54 Å². The van der Waals surface area contributed by atoms with Gasteiger partial charge in [-0.15, -0.1) is 0 Å². The smallest absolute Gasteiger partial charge is 0.274 e. The van der Waals surface area contributed by atoms with Crippen molar-refractivity contribution in [3.63, 3.8) is 0 Å². The van der Waals surface area contributed by atoms with Crippen molar-refractivity contribution in [2.75, 3.05) is 5.32 Å². The highest BCUT2D eigenvalue weighted by molar-refractivity contribution is 5.90. The molecule has 0 aliphatic heterocycles. The van der Waals surface area contributed by atoms with Crippen LogP contribution in [0.25, 0.3) is 0 Å². The lowest BCUT2D eigenvalue weighted by molar-refractivity contribution is -0.116. The summed E-state index contributed by atoms with van der Waals surface area (Å²) >= 11 is 0. The van der Waals surface area contributed by atoms with Gasteiger partial charge in [0.2, 0.25) is 5.91 Å². The third kappa shape index (κ3) is 3.81. The van der Waals surface area contributed by atoms with Crippen molar-refractivity contribution in [3.05, 3.63) is 64.3 Å². The molecule has 0 spiro atoms. The molecule has 1 atom stereocenters. The SMILES string of the molecule is CCn1cccc(NC(=O)C[C@H](C)c2ccc(F)cc2)c1=O. The van der Waals surface area contributed by atoms with Gasteiger partial charge >= 0.3 is 0 Å². The van der Waals surface area contributed by atoms with Crippen LogP contribution in [0.2, 0.25) is 0 Å². The summed E-state index contributed by atoms with van der Waals surface area (Å²) in [6.45, 7) is 4.31. The highest BCUT2D eigenvalue weighted by Gasteiger charge is 2.13. The zero-order valence-corrected chi connectivity index (χ0v) is 12.7. The molecule has 1 aromatic heterocycles. The second kappa shape index (κ2) is 7.02. The van der Waals surface area contributed by atoms with Gasteiger partial charge in [0.1, 0.15) is 11.5 Å². The standard InChI is InChI=1S/C17H19FN2O2/c1-3-20-10-4-5-15(17(20)22)19-16(21)11-12(2)13-6-8-14(18)9-7-13/h4-10,12H,3,11H2,1-2H3,(H,19,21)/t12-/m0/s1. The van der Waals surface area contributed by atoms with Gasteiger partial charge < -0.3 is 9.88 Å². The first kappa shape index (κ1) is 15.9. The van der Waals surface area contributed by atoms with Gasteiger partial charge in [0, 0.05) is 19.2 Å². The predicted octanol–water partition coefficient (Wildman–Crippen LogP) is 3.14. The molecular formula is C17H19FN2O2. The number of hydrogen-bond donors (Lipinski definition) is 1. The number of amides is 1. The Morgan fingerprint density at radius 3 is 2.59 bits per heavy atom. The maximum atomic E-state index is 12.9. The molecule has 0 saturated carbocycles. The minimum Gasteiger partial charge on any atom is -0.321 e. The number of carbonyl (C=O) groups is 1. The Balaban J connectivity index is 2.04. The van der Waals surface area contributed by atoms with Crippen LogP contribution in [0.3, 0.4) is 0 Å². The van der Waals surface area contributed by atoms with Gasteiger partial charge in [0.05, 0.1) is 0 Å². The highest BCUT2D eigenvalue weighted by Crippen LogP contribution is 2.19. The monoisotopic (exact) mass is 302 g/mol. The third-order valence-corrected chi connectivity index (χ3v) is 3.57. The van der Waals surface area contributed by atoms with Crippen LogP contribution in [0, 0.1) is 5.82 Å². The average Bonchev–Trinajstić information content (AvgIpc) is 2.50. The zero-order chi connectivity index (χ0) is 16.1. The number of nitrogens with one attached hydrogen (secondary N) is 1. The number of aryl methyl sites for hydroxylation is 1. The largest absolute Gasteiger partial charge is 0.321 e. The van der Waals surface area contributed by atoms with Crippen molar-refractivity contribution in [1.29, 1.82) is 0 Å². The van der Waals surface area contributed by atoms with Crippen LogP contribution >= 0.6 is 0 Å². The van der Waals surface area contributed by atoms with E-state index >= 15 is 0 Å². The predicted molar refractivity (Wildman–Crippen MR) is 84.4 cm³/mol. The minimum absolute atomic E-state index is 0.0577. The third-order valence-electron chi connectivity index (χ3n) is 3.57. The number of rotatable bonds is 5. The molecule has 0 fully saturated rings. The van der Waals surface area contributed by atoms with Crippen molar-refractivity contribution >= 4 is 11.6 Å². The Hall–Kier alpha value is -2.43. The van der Waals surface area contributed by atoms with Crippen LogP contribution in [0.4, 0.5) is 10.1 Å². The second-order valence-electron chi connectivity index (χ2n) is 5.22. The molecule has 1 amide bonds. The Kier molecular flexibility index (Phi) is 5.09. The molecule has 0 saturated heterocycles. The van der Waals surface area contributed by atoms with Gasteiger partial charge in [-0.2, -0.15) is 0 Å². The normalized spacial score (nSPS) is 12.0. The lowest BCUT2D eigenvalue weighted by Crippen LogP contribution is -2.25. The molecule has 0 aliphatic carbocycles. The number of pyridine rings is 1. The van der Waals surface area contributed by atoms with Gasteiger partial charge in [-0.3, -0.25) is 9.59 Å². The minimum atomic E-state index is -0.301. The average molecular weight is 302 g/mol. The summed E-state index contributed by atoms with van der Waals surface area (Å²) in [6.07, 6.45) is 1.91. The summed E-state index contributed by atoms with van der Waals surface area (Å²) in [7, 11) is 0. The fourth-order valence-electron chi connectivity index (χ4n) is 2.27. The van der Waals surface area contributed by atoms with Crippen molar-refractivity contribution in [3.8, 4) is 0 Å². The summed E-state index contributed by atoms with van der Waals surface area (Å²) in [5.41, 5.74) is 0.948. The molecule has 1 N–H and O–H groups in total. The van der Waals surface area contributed by atoms with E-state index in [0.717, 1.165) is 5.56 Å². The van der Waals surface area contributed by atoms with Crippen molar-refractivity contribution in [2.24, 2.45) is 0 Å². The summed E-state index contributed by atoms with van der Waals surface area (Å²) in [6, 6.07) is 9.40. The van der Waals surface area contributed by atoms with Crippen LogP contribution in [-0.2, 0) is 11.3 Å². The molecule has 0 bridgehead atoms. The first-order valence-corrected chi connectivity index (χ1v) is 7.26. The molecule has 116 valence electrons. The van der Waals surface area contributed by atoms with Crippen molar-refractivity contribution in [1.82, 2.24) is 4.57 Å². The first-order chi connectivity index (χ1) is 10.5. The number of nitrogens with zero attached hydrogens (tertiary/aromatic N) is 1. The van der Waals surface area contributed by atoms with Crippen LogP contribution in [-0.4, -0.2) is 10.5 Å². The Morgan fingerprint density at radius 2 is 1.95 bits per heavy atom. The number of benzene rings is 1. The molecule has 5 heteroatoms. The Morgan fingerprint density at radius 1 is 1.27 bits per heavy atom. The molecule has 0 radical (unpaired) electrons.